The molecule has 1 aromatic rings. The highest BCUT2D eigenvalue weighted by molar-refractivity contribution is 5.78. The summed E-state index contributed by atoms with van der Waals surface area (Å²) < 4.78 is 5.23. The molecule has 4 atom stereocenters. The highest BCUT2D eigenvalue weighted by Gasteiger charge is 2.41. The third-order valence-corrected chi connectivity index (χ3v) is 7.08. The zero-order chi connectivity index (χ0) is 18.8. The van der Waals surface area contributed by atoms with Crippen LogP contribution in [0.1, 0.15) is 32.6 Å². The standard InChI is InChI=1S/C22H33N3O2/c1-16(21-14-17-3-4-18(21)13-17)23-15-22(26)25-11-9-24(10-12-25)19-5-7-20(27-2)8-6-19/h5-8,16-18,21,23H,3-4,9-15H2,1-2H3. The van der Waals surface area contributed by atoms with Crippen molar-refractivity contribution >= 4 is 11.6 Å². The first-order valence-corrected chi connectivity index (χ1v) is 10.5. The maximum Gasteiger partial charge on any atom is 0.236 e. The number of nitrogens with one attached hydrogen (secondary N) is 1. The number of amides is 1. The molecule has 3 fully saturated rings. The molecular weight excluding hydrogens is 338 g/mol. The highest BCUT2D eigenvalue weighted by Crippen LogP contribution is 2.49. The lowest BCUT2D eigenvalue weighted by molar-refractivity contribution is -0.130. The van der Waals surface area contributed by atoms with Crippen LogP contribution in [0.25, 0.3) is 0 Å². The molecule has 148 valence electrons. The normalized spacial score (nSPS) is 28.4. The van der Waals surface area contributed by atoms with Crippen molar-refractivity contribution in [1.29, 1.82) is 0 Å². The Morgan fingerprint density at radius 1 is 1.15 bits per heavy atom. The summed E-state index contributed by atoms with van der Waals surface area (Å²) in [6.07, 6.45) is 5.64. The van der Waals surface area contributed by atoms with Gasteiger partial charge in [-0.15, -0.1) is 0 Å². The van der Waals surface area contributed by atoms with Crippen LogP contribution in [0.2, 0.25) is 0 Å². The Labute approximate surface area is 163 Å². The van der Waals surface area contributed by atoms with Gasteiger partial charge in [0.05, 0.1) is 13.7 Å². The smallest absolute Gasteiger partial charge is 0.236 e. The third-order valence-electron chi connectivity index (χ3n) is 7.08. The maximum absolute atomic E-state index is 12.6. The lowest BCUT2D eigenvalue weighted by atomic mass is 9.84. The van der Waals surface area contributed by atoms with E-state index in [1.54, 1.807) is 7.11 Å². The van der Waals surface area contributed by atoms with E-state index in [9.17, 15) is 4.79 Å². The van der Waals surface area contributed by atoms with Crippen LogP contribution in [0.5, 0.6) is 5.75 Å². The minimum absolute atomic E-state index is 0.249. The highest BCUT2D eigenvalue weighted by atomic mass is 16.5. The lowest BCUT2D eigenvalue weighted by Crippen LogP contribution is -2.52. The lowest BCUT2D eigenvalue weighted by Gasteiger charge is -2.36. The van der Waals surface area contributed by atoms with Gasteiger partial charge in [0.15, 0.2) is 0 Å². The first-order chi connectivity index (χ1) is 13.1. The molecule has 2 aliphatic carbocycles. The number of hydrogen-bond acceptors (Lipinski definition) is 4. The van der Waals surface area contributed by atoms with Gasteiger partial charge in [-0.2, -0.15) is 0 Å². The van der Waals surface area contributed by atoms with Crippen molar-refractivity contribution < 1.29 is 9.53 Å². The first kappa shape index (κ1) is 18.6. The number of methoxy groups -OCH3 is 1. The molecule has 3 aliphatic rings. The number of carbonyl (C=O) groups excluding carboxylic acids is 1. The number of nitrogens with zero attached hydrogens (tertiary/aromatic N) is 2. The Morgan fingerprint density at radius 3 is 2.48 bits per heavy atom. The van der Waals surface area contributed by atoms with Crippen LogP contribution < -0.4 is 15.0 Å². The van der Waals surface area contributed by atoms with E-state index in [-0.39, 0.29) is 5.91 Å². The number of hydrogen-bond donors (Lipinski definition) is 1. The van der Waals surface area contributed by atoms with Gasteiger partial charge >= 0.3 is 0 Å². The molecule has 1 amide bonds. The van der Waals surface area contributed by atoms with Gasteiger partial charge in [-0.1, -0.05) is 6.42 Å². The molecule has 2 bridgehead atoms. The summed E-state index contributed by atoms with van der Waals surface area (Å²) in [5.41, 5.74) is 1.20. The Balaban J connectivity index is 1.21. The van der Waals surface area contributed by atoms with Crippen molar-refractivity contribution in [2.24, 2.45) is 17.8 Å². The van der Waals surface area contributed by atoms with Crippen molar-refractivity contribution in [2.45, 2.75) is 38.6 Å². The molecule has 0 aromatic heterocycles. The molecule has 5 heteroatoms. The van der Waals surface area contributed by atoms with E-state index in [2.05, 4.69) is 29.3 Å². The molecular formula is C22H33N3O2. The summed E-state index contributed by atoms with van der Waals surface area (Å²) in [5, 5.41) is 3.54. The molecule has 4 unspecified atom stereocenters. The second kappa shape index (κ2) is 8.09. The van der Waals surface area contributed by atoms with Crippen LogP contribution in [0, 0.1) is 17.8 Å². The second-order valence-electron chi connectivity index (χ2n) is 8.57. The molecule has 1 aliphatic heterocycles. The second-order valence-corrected chi connectivity index (χ2v) is 8.57. The Morgan fingerprint density at radius 2 is 1.89 bits per heavy atom. The Kier molecular flexibility index (Phi) is 5.58. The molecule has 2 saturated carbocycles. The van der Waals surface area contributed by atoms with Crippen molar-refractivity contribution in [1.82, 2.24) is 10.2 Å². The van der Waals surface area contributed by atoms with Gasteiger partial charge in [0.1, 0.15) is 5.75 Å². The van der Waals surface area contributed by atoms with Gasteiger partial charge in [-0.3, -0.25) is 4.79 Å². The number of anilines is 1. The first-order valence-electron chi connectivity index (χ1n) is 10.5. The molecule has 1 saturated heterocycles. The van der Waals surface area contributed by atoms with Crippen molar-refractivity contribution in [2.75, 3.05) is 44.7 Å². The van der Waals surface area contributed by atoms with Gasteiger partial charge < -0.3 is 19.9 Å². The number of carbonyl (C=O) groups is 1. The fourth-order valence-corrected chi connectivity index (χ4v) is 5.42. The number of rotatable bonds is 6. The quantitative estimate of drug-likeness (QED) is 0.835. The fourth-order valence-electron chi connectivity index (χ4n) is 5.42. The molecule has 4 rings (SSSR count). The Hall–Kier alpha value is -1.75. The topological polar surface area (TPSA) is 44.8 Å². The zero-order valence-corrected chi connectivity index (χ0v) is 16.7. The molecule has 1 N–H and O–H groups in total. The average molecular weight is 372 g/mol. The number of ether oxygens (including phenoxy) is 1. The van der Waals surface area contributed by atoms with E-state index >= 15 is 0 Å². The zero-order valence-electron chi connectivity index (χ0n) is 16.7. The van der Waals surface area contributed by atoms with Crippen LogP contribution in [0.15, 0.2) is 24.3 Å². The van der Waals surface area contributed by atoms with E-state index in [0.29, 0.717) is 12.6 Å². The molecule has 1 aromatic carbocycles. The number of benzene rings is 1. The monoisotopic (exact) mass is 371 g/mol. The van der Waals surface area contributed by atoms with Gasteiger partial charge in [0.2, 0.25) is 5.91 Å². The van der Waals surface area contributed by atoms with Gasteiger partial charge in [0.25, 0.3) is 0 Å². The third kappa shape index (κ3) is 4.08. The maximum atomic E-state index is 12.6. The van der Waals surface area contributed by atoms with Gasteiger partial charge in [-0.05, 0) is 68.2 Å². The molecule has 0 radical (unpaired) electrons. The summed E-state index contributed by atoms with van der Waals surface area (Å²) in [4.78, 5) is 17.0. The fraction of sp³-hybridized carbons (Fsp3) is 0.682. The predicted octanol–water partition coefficient (Wildman–Crippen LogP) is 2.76. The summed E-state index contributed by atoms with van der Waals surface area (Å²) in [6.45, 7) is 6.14. The van der Waals surface area contributed by atoms with Crippen LogP contribution in [0.4, 0.5) is 5.69 Å². The van der Waals surface area contributed by atoms with Crippen LogP contribution in [-0.2, 0) is 4.79 Å². The summed E-state index contributed by atoms with van der Waals surface area (Å²) in [6, 6.07) is 8.63. The summed E-state index contributed by atoms with van der Waals surface area (Å²) in [5.74, 6) is 3.78. The van der Waals surface area contributed by atoms with Crippen LogP contribution in [0.3, 0.4) is 0 Å². The minimum atomic E-state index is 0.249. The van der Waals surface area contributed by atoms with Gasteiger partial charge in [-0.25, -0.2) is 0 Å². The average Bonchev–Trinajstić information content (AvgIpc) is 3.36. The Bertz CT molecular complexity index is 639. The summed E-state index contributed by atoms with van der Waals surface area (Å²) in [7, 11) is 1.69. The van der Waals surface area contributed by atoms with E-state index < -0.39 is 0 Å². The van der Waals surface area contributed by atoms with Gasteiger partial charge in [0, 0.05) is 37.9 Å². The molecule has 1 heterocycles. The number of fused-ring (bicyclic) bond motifs is 2. The van der Waals surface area contributed by atoms with E-state index in [1.165, 1.54) is 31.4 Å². The summed E-state index contributed by atoms with van der Waals surface area (Å²) >= 11 is 0. The van der Waals surface area contributed by atoms with Crippen LogP contribution in [-0.4, -0.2) is 56.7 Å². The van der Waals surface area contributed by atoms with E-state index in [0.717, 1.165) is 49.7 Å². The van der Waals surface area contributed by atoms with Crippen molar-refractivity contribution in [3.05, 3.63) is 24.3 Å². The van der Waals surface area contributed by atoms with E-state index in [4.69, 9.17) is 4.74 Å². The SMILES string of the molecule is COc1ccc(N2CCN(C(=O)CNC(C)C3CC4CCC3C4)CC2)cc1. The molecule has 0 spiro atoms. The largest absolute Gasteiger partial charge is 0.497 e. The minimum Gasteiger partial charge on any atom is -0.497 e. The predicted molar refractivity (Wildman–Crippen MR) is 108 cm³/mol. The molecule has 5 nitrogen and oxygen atoms in total. The molecule has 27 heavy (non-hydrogen) atoms. The van der Waals surface area contributed by atoms with Crippen molar-refractivity contribution in [3.8, 4) is 5.75 Å². The number of piperazine rings is 1. The van der Waals surface area contributed by atoms with Crippen LogP contribution >= 0.6 is 0 Å². The van der Waals surface area contributed by atoms with E-state index in [1.807, 2.05) is 17.0 Å². The van der Waals surface area contributed by atoms with Crippen molar-refractivity contribution in [3.63, 3.8) is 0 Å².